The van der Waals surface area contributed by atoms with Crippen molar-refractivity contribution in [2.45, 2.75) is 32.9 Å². The maximum Gasteiger partial charge on any atom is 0.471 e. The lowest BCUT2D eigenvalue weighted by Gasteiger charge is -2.33. The van der Waals surface area contributed by atoms with Crippen LogP contribution < -0.4 is 10.2 Å². The molecule has 7 heteroatoms. The predicted molar refractivity (Wildman–Crippen MR) is 89.4 cm³/mol. The van der Waals surface area contributed by atoms with Crippen molar-refractivity contribution in [1.82, 2.24) is 4.90 Å². The number of alkyl halides is 3. The number of aryl methyl sites for hydroxylation is 1. The van der Waals surface area contributed by atoms with E-state index < -0.39 is 12.1 Å². The number of benzene rings is 1. The van der Waals surface area contributed by atoms with E-state index in [2.05, 4.69) is 23.6 Å². The molecule has 0 spiro atoms. The van der Waals surface area contributed by atoms with Crippen LogP contribution in [0.4, 0.5) is 24.5 Å². The van der Waals surface area contributed by atoms with Crippen molar-refractivity contribution in [1.29, 1.82) is 0 Å². The van der Waals surface area contributed by atoms with Crippen molar-refractivity contribution in [2.24, 2.45) is 0 Å². The summed E-state index contributed by atoms with van der Waals surface area (Å²) in [4.78, 5) is 15.7. The predicted octanol–water partition coefficient (Wildman–Crippen LogP) is 3.28. The van der Waals surface area contributed by atoms with Crippen LogP contribution in [-0.4, -0.2) is 49.7 Å². The number of nitrogens with zero attached hydrogens (tertiary/aromatic N) is 2. The molecular formula is C17H24F3N3O. The lowest BCUT2D eigenvalue weighted by Crippen LogP contribution is -2.37. The lowest BCUT2D eigenvalue weighted by molar-refractivity contribution is -0.167. The highest BCUT2D eigenvalue weighted by atomic mass is 19.4. The van der Waals surface area contributed by atoms with E-state index >= 15 is 0 Å². The summed E-state index contributed by atoms with van der Waals surface area (Å²) in [6.45, 7) is 9.05. The summed E-state index contributed by atoms with van der Waals surface area (Å²) in [5.41, 5.74) is 2.24. The summed E-state index contributed by atoms with van der Waals surface area (Å²) >= 11 is 0. The topological polar surface area (TPSA) is 35.6 Å². The molecule has 0 aliphatic carbocycles. The van der Waals surface area contributed by atoms with Gasteiger partial charge in [-0.2, -0.15) is 13.2 Å². The van der Waals surface area contributed by atoms with Gasteiger partial charge in [-0.25, -0.2) is 0 Å². The smallest absolute Gasteiger partial charge is 0.370 e. The number of carbonyl (C=O) groups excluding carboxylic acids is 1. The monoisotopic (exact) mass is 343 g/mol. The molecule has 1 aliphatic rings. The van der Waals surface area contributed by atoms with E-state index in [-0.39, 0.29) is 5.69 Å². The Balaban J connectivity index is 2.07. The standard InChI is InChI=1S/C17H24F3N3O/c1-3-22(4-2)10-11-23-9-5-6-13-12-14(7-8-15(13)23)21-16(24)17(18,19)20/h7-8,12H,3-6,9-11H2,1-2H3,(H,21,24). The van der Waals surface area contributed by atoms with Crippen molar-refractivity contribution in [2.75, 3.05) is 42.9 Å². The highest BCUT2D eigenvalue weighted by Gasteiger charge is 2.38. The van der Waals surface area contributed by atoms with Crippen molar-refractivity contribution < 1.29 is 18.0 Å². The molecule has 2 rings (SSSR count). The molecule has 0 fully saturated rings. The maximum absolute atomic E-state index is 12.4. The minimum Gasteiger partial charge on any atom is -0.370 e. The molecular weight excluding hydrogens is 319 g/mol. The van der Waals surface area contributed by atoms with E-state index in [0.29, 0.717) is 0 Å². The van der Waals surface area contributed by atoms with E-state index in [4.69, 9.17) is 0 Å². The van der Waals surface area contributed by atoms with Gasteiger partial charge < -0.3 is 15.1 Å². The summed E-state index contributed by atoms with van der Waals surface area (Å²) in [6.07, 6.45) is -3.10. The van der Waals surface area contributed by atoms with Crippen molar-refractivity contribution in [3.63, 3.8) is 0 Å². The van der Waals surface area contributed by atoms with Crippen LogP contribution in [0.1, 0.15) is 25.8 Å². The Kier molecular flexibility index (Phi) is 6.10. The Morgan fingerprint density at radius 1 is 1.29 bits per heavy atom. The third-order valence-corrected chi connectivity index (χ3v) is 4.39. The first-order valence-electron chi connectivity index (χ1n) is 8.33. The van der Waals surface area contributed by atoms with Crippen LogP contribution in [0.15, 0.2) is 18.2 Å². The van der Waals surface area contributed by atoms with Gasteiger partial charge in [0.2, 0.25) is 0 Å². The molecule has 0 bridgehead atoms. The van der Waals surface area contributed by atoms with Gasteiger partial charge in [-0.3, -0.25) is 4.79 Å². The van der Waals surface area contributed by atoms with Crippen LogP contribution in [0.3, 0.4) is 0 Å². The number of hydrogen-bond donors (Lipinski definition) is 1. The normalized spacial score (nSPS) is 14.7. The molecule has 0 atom stereocenters. The van der Waals surface area contributed by atoms with Gasteiger partial charge in [0.15, 0.2) is 0 Å². The fourth-order valence-electron chi connectivity index (χ4n) is 2.99. The molecule has 24 heavy (non-hydrogen) atoms. The first-order chi connectivity index (χ1) is 11.3. The van der Waals surface area contributed by atoms with Crippen LogP contribution in [0.5, 0.6) is 0 Å². The number of amides is 1. The average Bonchev–Trinajstić information content (AvgIpc) is 2.54. The minimum absolute atomic E-state index is 0.196. The molecule has 0 saturated carbocycles. The van der Waals surface area contributed by atoms with Gasteiger partial charge in [0.1, 0.15) is 0 Å². The quantitative estimate of drug-likeness (QED) is 0.861. The molecule has 134 valence electrons. The Morgan fingerprint density at radius 3 is 2.62 bits per heavy atom. The fraction of sp³-hybridized carbons (Fsp3) is 0.588. The number of rotatable bonds is 6. The van der Waals surface area contributed by atoms with Crippen LogP contribution in [0, 0.1) is 0 Å². The summed E-state index contributed by atoms with van der Waals surface area (Å²) in [7, 11) is 0. The second-order valence-electron chi connectivity index (χ2n) is 5.91. The Morgan fingerprint density at radius 2 is 2.00 bits per heavy atom. The van der Waals surface area contributed by atoms with Crippen molar-refractivity contribution in [3.05, 3.63) is 23.8 Å². The van der Waals surface area contributed by atoms with Crippen molar-refractivity contribution >= 4 is 17.3 Å². The van der Waals surface area contributed by atoms with Crippen LogP contribution in [-0.2, 0) is 11.2 Å². The Labute approximate surface area is 140 Å². The number of carbonyl (C=O) groups is 1. The van der Waals surface area contributed by atoms with Gasteiger partial charge in [-0.15, -0.1) is 0 Å². The molecule has 1 N–H and O–H groups in total. The highest BCUT2D eigenvalue weighted by molar-refractivity contribution is 5.95. The molecule has 1 heterocycles. The summed E-state index contributed by atoms with van der Waals surface area (Å²) in [6, 6.07) is 5.00. The molecule has 0 unspecified atom stereocenters. The number of likely N-dealkylation sites (N-methyl/N-ethyl adjacent to an activating group) is 1. The van der Waals surface area contributed by atoms with Crippen LogP contribution in [0.25, 0.3) is 0 Å². The number of anilines is 2. The zero-order valence-electron chi connectivity index (χ0n) is 14.1. The number of fused-ring (bicyclic) bond motifs is 1. The SMILES string of the molecule is CCN(CC)CCN1CCCc2cc(NC(=O)C(F)(F)F)ccc21. The summed E-state index contributed by atoms with van der Waals surface area (Å²) in [5, 5.41) is 1.92. The molecule has 1 aromatic carbocycles. The zero-order chi connectivity index (χ0) is 17.7. The summed E-state index contributed by atoms with van der Waals surface area (Å²) < 4.78 is 37.1. The van der Waals surface area contributed by atoms with Gasteiger partial charge in [0.25, 0.3) is 0 Å². The van der Waals surface area contributed by atoms with Crippen LogP contribution >= 0.6 is 0 Å². The Bertz CT molecular complexity index is 571. The summed E-state index contributed by atoms with van der Waals surface area (Å²) in [5.74, 6) is -1.93. The number of halogens is 3. The molecule has 0 radical (unpaired) electrons. The van der Waals surface area contributed by atoms with Crippen LogP contribution in [0.2, 0.25) is 0 Å². The molecule has 1 aromatic rings. The lowest BCUT2D eigenvalue weighted by atomic mass is 10.0. The van der Waals surface area contributed by atoms with Gasteiger partial charge in [-0.1, -0.05) is 13.8 Å². The fourth-order valence-corrected chi connectivity index (χ4v) is 2.99. The molecule has 1 amide bonds. The largest absolute Gasteiger partial charge is 0.471 e. The third-order valence-electron chi connectivity index (χ3n) is 4.39. The second-order valence-corrected chi connectivity index (χ2v) is 5.91. The minimum atomic E-state index is -4.87. The van der Waals surface area contributed by atoms with Gasteiger partial charge in [0, 0.05) is 31.0 Å². The van der Waals surface area contributed by atoms with Gasteiger partial charge >= 0.3 is 12.1 Å². The molecule has 0 aromatic heterocycles. The molecule has 1 aliphatic heterocycles. The highest BCUT2D eigenvalue weighted by Crippen LogP contribution is 2.30. The number of nitrogens with one attached hydrogen (secondary N) is 1. The first-order valence-corrected chi connectivity index (χ1v) is 8.33. The van der Waals surface area contributed by atoms with Gasteiger partial charge in [0.05, 0.1) is 0 Å². The van der Waals surface area contributed by atoms with E-state index in [0.717, 1.165) is 56.8 Å². The first kappa shape index (κ1) is 18.6. The van der Waals surface area contributed by atoms with Crippen molar-refractivity contribution in [3.8, 4) is 0 Å². The van der Waals surface area contributed by atoms with E-state index in [1.54, 1.807) is 6.07 Å². The second kappa shape index (κ2) is 7.88. The van der Waals surface area contributed by atoms with E-state index in [1.165, 1.54) is 6.07 Å². The molecule has 4 nitrogen and oxygen atoms in total. The Hall–Kier alpha value is -1.76. The average molecular weight is 343 g/mol. The number of hydrogen-bond acceptors (Lipinski definition) is 3. The maximum atomic E-state index is 12.4. The third kappa shape index (κ3) is 4.63. The molecule has 0 saturated heterocycles. The van der Waals surface area contributed by atoms with Gasteiger partial charge in [-0.05, 0) is 49.7 Å². The van der Waals surface area contributed by atoms with E-state index in [1.807, 2.05) is 11.4 Å². The van der Waals surface area contributed by atoms with E-state index in [9.17, 15) is 18.0 Å². The zero-order valence-corrected chi connectivity index (χ0v) is 14.1.